The predicted molar refractivity (Wildman–Crippen MR) is 42.4 cm³/mol. The quantitative estimate of drug-likeness (QED) is 0.561. The summed E-state index contributed by atoms with van der Waals surface area (Å²) >= 11 is 0. The van der Waals surface area contributed by atoms with Crippen LogP contribution in [0.15, 0.2) is 12.1 Å². The van der Waals surface area contributed by atoms with E-state index in [2.05, 4.69) is 0 Å². The van der Waals surface area contributed by atoms with Gasteiger partial charge in [-0.05, 0) is 6.07 Å². The largest absolute Gasteiger partial charge is 0.507 e. The molecule has 62 valence electrons. The Labute approximate surface area is 69.5 Å². The first kappa shape index (κ1) is 8.37. The van der Waals surface area contributed by atoms with Gasteiger partial charge in [-0.2, -0.15) is 5.26 Å². The Hall–Kier alpha value is -1.73. The minimum Gasteiger partial charge on any atom is -0.507 e. The van der Waals surface area contributed by atoms with Crippen LogP contribution in [-0.4, -0.2) is 10.2 Å². The van der Waals surface area contributed by atoms with Crippen molar-refractivity contribution in [2.24, 2.45) is 5.73 Å². The minimum atomic E-state index is -0.229. The van der Waals surface area contributed by atoms with Gasteiger partial charge in [-0.15, -0.1) is 0 Å². The Kier molecular flexibility index (Phi) is 2.17. The lowest BCUT2D eigenvalue weighted by Crippen LogP contribution is -1.97. The Balaban J connectivity index is 3.30. The zero-order chi connectivity index (χ0) is 9.14. The summed E-state index contributed by atoms with van der Waals surface area (Å²) in [5, 5.41) is 26.7. The van der Waals surface area contributed by atoms with Crippen LogP contribution < -0.4 is 5.73 Å². The van der Waals surface area contributed by atoms with Crippen LogP contribution in [0, 0.1) is 11.3 Å². The van der Waals surface area contributed by atoms with Crippen molar-refractivity contribution in [1.82, 2.24) is 0 Å². The van der Waals surface area contributed by atoms with E-state index >= 15 is 0 Å². The van der Waals surface area contributed by atoms with Crippen LogP contribution in [0.25, 0.3) is 0 Å². The SMILES string of the molecule is N#Cc1cc(CN)c(O)cc1O. The number of nitrogens with two attached hydrogens (primary N) is 1. The van der Waals surface area contributed by atoms with Gasteiger partial charge in [0.1, 0.15) is 17.6 Å². The van der Waals surface area contributed by atoms with E-state index in [4.69, 9.17) is 21.2 Å². The molecule has 0 aliphatic heterocycles. The molecule has 0 atom stereocenters. The van der Waals surface area contributed by atoms with Gasteiger partial charge in [0.15, 0.2) is 0 Å². The molecule has 0 saturated heterocycles. The van der Waals surface area contributed by atoms with Crippen molar-refractivity contribution < 1.29 is 10.2 Å². The molecule has 0 fully saturated rings. The maximum Gasteiger partial charge on any atom is 0.137 e. The van der Waals surface area contributed by atoms with Crippen molar-refractivity contribution >= 4 is 0 Å². The van der Waals surface area contributed by atoms with Gasteiger partial charge in [0.25, 0.3) is 0 Å². The van der Waals surface area contributed by atoms with Crippen LogP contribution in [0.4, 0.5) is 0 Å². The van der Waals surface area contributed by atoms with Crippen molar-refractivity contribution in [3.8, 4) is 17.6 Å². The first-order chi connectivity index (χ1) is 5.69. The maximum absolute atomic E-state index is 9.16. The molecule has 4 nitrogen and oxygen atoms in total. The highest BCUT2D eigenvalue weighted by molar-refractivity contribution is 5.50. The highest BCUT2D eigenvalue weighted by Crippen LogP contribution is 2.26. The molecule has 0 spiro atoms. The van der Waals surface area contributed by atoms with E-state index < -0.39 is 0 Å². The van der Waals surface area contributed by atoms with E-state index in [0.29, 0.717) is 5.56 Å². The van der Waals surface area contributed by atoms with Crippen LogP contribution in [-0.2, 0) is 6.54 Å². The van der Waals surface area contributed by atoms with Crippen molar-refractivity contribution in [2.75, 3.05) is 0 Å². The fraction of sp³-hybridized carbons (Fsp3) is 0.125. The smallest absolute Gasteiger partial charge is 0.137 e. The molecule has 1 rings (SSSR count). The Morgan fingerprint density at radius 1 is 1.33 bits per heavy atom. The van der Waals surface area contributed by atoms with Crippen molar-refractivity contribution in [2.45, 2.75) is 6.54 Å². The van der Waals surface area contributed by atoms with Gasteiger partial charge < -0.3 is 15.9 Å². The fourth-order valence-electron chi connectivity index (χ4n) is 0.875. The third kappa shape index (κ3) is 1.31. The normalized spacial score (nSPS) is 9.33. The van der Waals surface area contributed by atoms with E-state index in [1.165, 1.54) is 6.07 Å². The van der Waals surface area contributed by atoms with E-state index in [-0.39, 0.29) is 23.6 Å². The van der Waals surface area contributed by atoms with Gasteiger partial charge in [0.2, 0.25) is 0 Å². The molecule has 0 aliphatic rings. The molecule has 1 aromatic rings. The Morgan fingerprint density at radius 3 is 2.50 bits per heavy atom. The highest BCUT2D eigenvalue weighted by Gasteiger charge is 2.06. The topological polar surface area (TPSA) is 90.3 Å². The predicted octanol–water partition coefficient (Wildman–Crippen LogP) is 0.428. The van der Waals surface area contributed by atoms with E-state index in [0.717, 1.165) is 6.07 Å². The summed E-state index contributed by atoms with van der Waals surface area (Å²) in [6.45, 7) is 0.140. The molecule has 0 radical (unpaired) electrons. The van der Waals surface area contributed by atoms with Gasteiger partial charge in [-0.3, -0.25) is 0 Å². The standard InChI is InChI=1S/C8H8N2O2/c9-3-5-1-6(4-10)8(12)2-7(5)11/h1-2,11-12H,3,9H2. The zero-order valence-electron chi connectivity index (χ0n) is 6.28. The number of nitrogens with zero attached hydrogens (tertiary/aromatic N) is 1. The van der Waals surface area contributed by atoms with E-state index in [1.807, 2.05) is 0 Å². The number of hydrogen-bond acceptors (Lipinski definition) is 4. The molecule has 0 unspecified atom stereocenters. The van der Waals surface area contributed by atoms with Gasteiger partial charge in [-0.25, -0.2) is 0 Å². The summed E-state index contributed by atoms with van der Waals surface area (Å²) in [5.41, 5.74) is 5.84. The van der Waals surface area contributed by atoms with Crippen LogP contribution in [0.3, 0.4) is 0 Å². The summed E-state index contributed by atoms with van der Waals surface area (Å²) in [7, 11) is 0. The number of phenolic OH excluding ortho intramolecular Hbond substituents is 2. The fourth-order valence-corrected chi connectivity index (χ4v) is 0.875. The number of rotatable bonds is 1. The number of aromatic hydroxyl groups is 2. The second kappa shape index (κ2) is 3.11. The summed E-state index contributed by atoms with van der Waals surface area (Å²) in [4.78, 5) is 0. The lowest BCUT2D eigenvalue weighted by molar-refractivity contribution is 0.445. The molecule has 0 aromatic heterocycles. The maximum atomic E-state index is 9.16. The lowest BCUT2D eigenvalue weighted by Gasteiger charge is -2.02. The molecular formula is C8H8N2O2. The van der Waals surface area contributed by atoms with Crippen molar-refractivity contribution in [3.63, 3.8) is 0 Å². The van der Waals surface area contributed by atoms with Crippen LogP contribution in [0.2, 0.25) is 0 Å². The molecular weight excluding hydrogens is 156 g/mol. The molecule has 0 saturated carbocycles. The number of nitriles is 1. The second-order valence-corrected chi connectivity index (χ2v) is 2.31. The average Bonchev–Trinajstić information content (AvgIpc) is 2.05. The molecule has 1 aromatic carbocycles. The molecule has 0 bridgehead atoms. The molecule has 0 aliphatic carbocycles. The van der Waals surface area contributed by atoms with Crippen LogP contribution in [0.5, 0.6) is 11.5 Å². The number of benzene rings is 1. The summed E-state index contributed by atoms with van der Waals surface area (Å²) in [6, 6.07) is 4.26. The summed E-state index contributed by atoms with van der Waals surface area (Å²) in [5.74, 6) is -0.318. The van der Waals surface area contributed by atoms with E-state index in [9.17, 15) is 0 Å². The first-order valence-corrected chi connectivity index (χ1v) is 3.34. The van der Waals surface area contributed by atoms with Gasteiger partial charge in [0, 0.05) is 18.2 Å². The highest BCUT2D eigenvalue weighted by atomic mass is 16.3. The molecule has 0 heterocycles. The Morgan fingerprint density at radius 2 is 2.00 bits per heavy atom. The van der Waals surface area contributed by atoms with Gasteiger partial charge in [0.05, 0.1) is 5.56 Å². The van der Waals surface area contributed by atoms with Crippen LogP contribution >= 0.6 is 0 Å². The molecule has 4 heteroatoms. The Bertz CT molecular complexity index is 342. The lowest BCUT2D eigenvalue weighted by atomic mass is 10.1. The average molecular weight is 164 g/mol. The van der Waals surface area contributed by atoms with Crippen molar-refractivity contribution in [1.29, 1.82) is 5.26 Å². The third-order valence-electron chi connectivity index (χ3n) is 1.54. The summed E-state index contributed by atoms with van der Waals surface area (Å²) in [6.07, 6.45) is 0. The minimum absolute atomic E-state index is 0.0889. The van der Waals surface area contributed by atoms with Gasteiger partial charge >= 0.3 is 0 Å². The third-order valence-corrected chi connectivity index (χ3v) is 1.54. The zero-order valence-corrected chi connectivity index (χ0v) is 6.28. The summed E-state index contributed by atoms with van der Waals surface area (Å²) < 4.78 is 0. The number of phenols is 2. The molecule has 12 heavy (non-hydrogen) atoms. The molecule has 0 amide bonds. The van der Waals surface area contributed by atoms with E-state index in [1.54, 1.807) is 6.07 Å². The van der Waals surface area contributed by atoms with Gasteiger partial charge in [-0.1, -0.05) is 0 Å². The van der Waals surface area contributed by atoms with Crippen molar-refractivity contribution in [3.05, 3.63) is 23.3 Å². The molecule has 4 N–H and O–H groups in total. The first-order valence-electron chi connectivity index (χ1n) is 3.34. The number of hydrogen-bond donors (Lipinski definition) is 3. The van der Waals surface area contributed by atoms with Crippen LogP contribution in [0.1, 0.15) is 11.1 Å². The monoisotopic (exact) mass is 164 g/mol. The second-order valence-electron chi connectivity index (χ2n) is 2.31.